The van der Waals surface area contributed by atoms with E-state index in [9.17, 15) is 0 Å². The van der Waals surface area contributed by atoms with Gasteiger partial charge in [0.2, 0.25) is 0 Å². The molecule has 1 aliphatic heterocycles. The zero-order valence-electron chi connectivity index (χ0n) is 11.5. The lowest BCUT2D eigenvalue weighted by Gasteiger charge is -2.13. The van der Waals surface area contributed by atoms with Crippen molar-refractivity contribution >= 4 is 11.6 Å². The van der Waals surface area contributed by atoms with Crippen molar-refractivity contribution in [2.45, 2.75) is 56.9 Å². The molecule has 2 heteroatoms. The Hall–Kier alpha value is -0.950. The number of rotatable bonds is 2. The Morgan fingerprint density at radius 3 is 3.11 bits per heavy atom. The molecule has 102 valence electrons. The molecular weight excluding hydrogens is 256 g/mol. The Kier molecular flexibility index (Phi) is 3.83. The number of hydrogen-bond acceptors (Lipinski definition) is 1. The zero-order valence-corrected chi connectivity index (χ0v) is 12.2. The van der Waals surface area contributed by atoms with Gasteiger partial charge in [-0.15, -0.1) is 11.6 Å². The van der Waals surface area contributed by atoms with E-state index in [1.54, 1.807) is 0 Å². The van der Waals surface area contributed by atoms with Gasteiger partial charge < -0.3 is 4.74 Å². The maximum absolute atomic E-state index is 6.29. The summed E-state index contributed by atoms with van der Waals surface area (Å²) in [5.41, 5.74) is 4.17. The molecule has 0 radical (unpaired) electrons. The van der Waals surface area contributed by atoms with Crippen molar-refractivity contribution in [1.82, 2.24) is 0 Å². The largest absolute Gasteiger partial charge is 0.489 e. The van der Waals surface area contributed by atoms with Gasteiger partial charge in [0.05, 0.1) is 5.38 Å². The van der Waals surface area contributed by atoms with Crippen LogP contribution in [0.25, 0.3) is 0 Å². The fourth-order valence-corrected chi connectivity index (χ4v) is 3.47. The van der Waals surface area contributed by atoms with Crippen molar-refractivity contribution in [1.29, 1.82) is 0 Å². The van der Waals surface area contributed by atoms with Crippen LogP contribution in [0.1, 0.15) is 43.2 Å². The van der Waals surface area contributed by atoms with Crippen LogP contribution in [0.15, 0.2) is 29.8 Å². The van der Waals surface area contributed by atoms with Crippen molar-refractivity contribution < 1.29 is 4.74 Å². The van der Waals surface area contributed by atoms with Gasteiger partial charge in [-0.25, -0.2) is 0 Å². The molecule has 0 N–H and O–H groups in total. The highest BCUT2D eigenvalue weighted by Gasteiger charge is 2.24. The highest BCUT2D eigenvalue weighted by Crippen LogP contribution is 2.33. The van der Waals surface area contributed by atoms with Crippen LogP contribution >= 0.6 is 11.6 Å². The zero-order chi connectivity index (χ0) is 13.2. The minimum atomic E-state index is 0.225. The molecule has 0 fully saturated rings. The van der Waals surface area contributed by atoms with E-state index < -0.39 is 0 Å². The van der Waals surface area contributed by atoms with E-state index in [1.165, 1.54) is 36.0 Å². The van der Waals surface area contributed by atoms with Gasteiger partial charge in [0.25, 0.3) is 0 Å². The van der Waals surface area contributed by atoms with Gasteiger partial charge in [0.15, 0.2) is 0 Å². The van der Waals surface area contributed by atoms with Crippen LogP contribution in [0.5, 0.6) is 5.75 Å². The van der Waals surface area contributed by atoms with Crippen LogP contribution in [-0.4, -0.2) is 11.5 Å². The summed E-state index contributed by atoms with van der Waals surface area (Å²) in [7, 11) is 0. The Morgan fingerprint density at radius 1 is 1.32 bits per heavy atom. The normalized spacial score (nSPS) is 26.3. The number of hydrogen-bond donors (Lipinski definition) is 0. The number of ether oxygens (including phenoxy) is 1. The number of allylic oxidation sites excluding steroid dienone is 1. The predicted octanol–water partition coefficient (Wildman–Crippen LogP) is 4.80. The molecule has 0 spiro atoms. The molecule has 1 aliphatic carbocycles. The fourth-order valence-electron chi connectivity index (χ4n) is 3.14. The Morgan fingerprint density at radius 2 is 2.21 bits per heavy atom. The highest BCUT2D eigenvalue weighted by atomic mass is 35.5. The molecule has 2 atom stereocenters. The van der Waals surface area contributed by atoms with Gasteiger partial charge in [-0.3, -0.25) is 0 Å². The van der Waals surface area contributed by atoms with E-state index >= 15 is 0 Å². The molecule has 1 nitrogen and oxygen atoms in total. The van der Waals surface area contributed by atoms with Crippen LogP contribution in [0, 0.1) is 6.92 Å². The minimum Gasteiger partial charge on any atom is -0.489 e. The molecule has 0 saturated heterocycles. The first-order valence-electron chi connectivity index (χ1n) is 7.30. The van der Waals surface area contributed by atoms with Crippen LogP contribution < -0.4 is 4.74 Å². The summed E-state index contributed by atoms with van der Waals surface area (Å²) in [6, 6.07) is 6.48. The molecule has 0 saturated carbocycles. The van der Waals surface area contributed by atoms with Crippen molar-refractivity contribution in [3.05, 3.63) is 41.0 Å². The summed E-state index contributed by atoms with van der Waals surface area (Å²) < 4.78 is 6.06. The first kappa shape index (κ1) is 13.1. The average Bonchev–Trinajstić information content (AvgIpc) is 2.63. The third kappa shape index (κ3) is 3.14. The lowest BCUT2D eigenvalue weighted by Crippen LogP contribution is -2.14. The van der Waals surface area contributed by atoms with Gasteiger partial charge in [-0.1, -0.05) is 35.8 Å². The molecule has 19 heavy (non-hydrogen) atoms. The number of aryl methyl sites for hydroxylation is 1. The van der Waals surface area contributed by atoms with Gasteiger partial charge in [-0.05, 0) is 37.8 Å². The Bertz CT molecular complexity index is 492. The van der Waals surface area contributed by atoms with E-state index in [-0.39, 0.29) is 5.38 Å². The summed E-state index contributed by atoms with van der Waals surface area (Å²) in [5.74, 6) is 1.08. The monoisotopic (exact) mass is 276 g/mol. The van der Waals surface area contributed by atoms with E-state index in [0.29, 0.717) is 6.10 Å². The Labute approximate surface area is 120 Å². The number of fused-ring (bicyclic) bond motifs is 1. The third-order valence-electron chi connectivity index (χ3n) is 4.09. The molecule has 1 aromatic rings. The molecule has 0 aromatic heterocycles. The summed E-state index contributed by atoms with van der Waals surface area (Å²) in [6.45, 7) is 2.14. The number of halogens is 1. The molecule has 2 aliphatic rings. The highest BCUT2D eigenvalue weighted by molar-refractivity contribution is 6.21. The molecule has 0 amide bonds. The Balaban J connectivity index is 1.66. The van der Waals surface area contributed by atoms with Crippen molar-refractivity contribution in [3.8, 4) is 5.75 Å². The second-order valence-electron chi connectivity index (χ2n) is 5.85. The summed E-state index contributed by atoms with van der Waals surface area (Å²) in [5, 5.41) is 0.225. The maximum atomic E-state index is 6.29. The van der Waals surface area contributed by atoms with Gasteiger partial charge in [0, 0.05) is 12.8 Å². The fraction of sp³-hybridized carbons (Fsp3) is 0.529. The number of benzene rings is 1. The molecular formula is C17H21ClO. The van der Waals surface area contributed by atoms with Gasteiger partial charge in [-0.2, -0.15) is 0 Å². The van der Waals surface area contributed by atoms with Crippen molar-refractivity contribution in [2.75, 3.05) is 0 Å². The molecule has 0 bridgehead atoms. The average molecular weight is 277 g/mol. The standard InChI is InChI=1S/C17H21ClO/c1-12-6-7-17-14(8-12)11-16(19-17)10-13-4-2-3-5-15(18)9-13/h6-9,15-16H,2-5,10-11H2,1H3. The summed E-state index contributed by atoms with van der Waals surface area (Å²) >= 11 is 6.29. The number of alkyl halides is 1. The minimum absolute atomic E-state index is 0.225. The van der Waals surface area contributed by atoms with Crippen LogP contribution in [0.2, 0.25) is 0 Å². The first-order valence-corrected chi connectivity index (χ1v) is 7.74. The molecule has 2 unspecified atom stereocenters. The van der Waals surface area contributed by atoms with Gasteiger partial charge >= 0.3 is 0 Å². The second kappa shape index (κ2) is 5.58. The third-order valence-corrected chi connectivity index (χ3v) is 4.44. The molecule has 3 rings (SSSR count). The van der Waals surface area contributed by atoms with E-state index in [1.807, 2.05) is 0 Å². The van der Waals surface area contributed by atoms with E-state index in [4.69, 9.17) is 16.3 Å². The smallest absolute Gasteiger partial charge is 0.123 e. The predicted molar refractivity (Wildman–Crippen MR) is 80.1 cm³/mol. The summed E-state index contributed by atoms with van der Waals surface area (Å²) in [6.07, 6.45) is 9.50. The second-order valence-corrected chi connectivity index (χ2v) is 6.41. The quantitative estimate of drug-likeness (QED) is 0.557. The lowest BCUT2D eigenvalue weighted by atomic mass is 9.99. The first-order chi connectivity index (χ1) is 9.20. The summed E-state index contributed by atoms with van der Waals surface area (Å²) in [4.78, 5) is 0. The van der Waals surface area contributed by atoms with E-state index in [0.717, 1.165) is 25.0 Å². The lowest BCUT2D eigenvalue weighted by molar-refractivity contribution is 0.231. The van der Waals surface area contributed by atoms with E-state index in [2.05, 4.69) is 31.2 Å². The van der Waals surface area contributed by atoms with Crippen LogP contribution in [-0.2, 0) is 6.42 Å². The maximum Gasteiger partial charge on any atom is 0.123 e. The SMILES string of the molecule is Cc1ccc2c(c1)CC(CC1=CC(Cl)CCCC1)O2. The van der Waals surface area contributed by atoms with Crippen molar-refractivity contribution in [2.24, 2.45) is 0 Å². The van der Waals surface area contributed by atoms with Crippen molar-refractivity contribution in [3.63, 3.8) is 0 Å². The van der Waals surface area contributed by atoms with Crippen LogP contribution in [0.4, 0.5) is 0 Å². The van der Waals surface area contributed by atoms with Gasteiger partial charge in [0.1, 0.15) is 11.9 Å². The van der Waals surface area contributed by atoms with Crippen LogP contribution in [0.3, 0.4) is 0 Å². The molecule has 1 heterocycles. The molecule has 1 aromatic carbocycles. The topological polar surface area (TPSA) is 9.23 Å².